The van der Waals surface area contributed by atoms with Crippen LogP contribution in [-0.2, 0) is 9.59 Å². The Morgan fingerprint density at radius 3 is 2.29 bits per heavy atom. The van der Waals surface area contributed by atoms with Gasteiger partial charge >= 0.3 is 12.0 Å². The minimum Gasteiger partial charge on any atom is -0.480 e. The van der Waals surface area contributed by atoms with Crippen LogP contribution in [-0.4, -0.2) is 36.1 Å². The lowest BCUT2D eigenvalue weighted by molar-refractivity contribution is -0.137. The number of carbonyl (C=O) groups excluding carboxylic acids is 2. The van der Waals surface area contributed by atoms with E-state index in [0.29, 0.717) is 0 Å². The number of aliphatic carboxylic acids is 1. The van der Waals surface area contributed by atoms with Crippen molar-refractivity contribution in [2.75, 3.05) is 13.1 Å². The van der Waals surface area contributed by atoms with Crippen LogP contribution in [0.1, 0.15) is 24.1 Å². The largest absolute Gasteiger partial charge is 0.480 e. The standard InChI is InChI=1S/C14H19N3O4/c1-9-3-5-11(6-4-9)10(2)17-14(21)16-7-12(18)15-8-13(19)20/h3-6,10H,7-8H2,1-2H3,(H,15,18)(H,19,20)(H2,16,17,21). The summed E-state index contributed by atoms with van der Waals surface area (Å²) >= 11 is 0. The van der Waals surface area contributed by atoms with Crippen molar-refractivity contribution in [1.82, 2.24) is 16.0 Å². The summed E-state index contributed by atoms with van der Waals surface area (Å²) in [6, 6.07) is 7.04. The highest BCUT2D eigenvalue weighted by Crippen LogP contribution is 2.12. The molecule has 1 aromatic rings. The number of hydrogen-bond donors (Lipinski definition) is 4. The number of carbonyl (C=O) groups is 3. The highest BCUT2D eigenvalue weighted by molar-refractivity contribution is 5.86. The van der Waals surface area contributed by atoms with E-state index in [1.54, 1.807) is 0 Å². The first-order valence-electron chi connectivity index (χ1n) is 6.48. The van der Waals surface area contributed by atoms with Crippen LogP contribution in [0, 0.1) is 6.92 Å². The van der Waals surface area contributed by atoms with Gasteiger partial charge in [0, 0.05) is 0 Å². The van der Waals surface area contributed by atoms with Crippen LogP contribution in [0.2, 0.25) is 0 Å². The lowest BCUT2D eigenvalue weighted by Gasteiger charge is -2.15. The van der Waals surface area contributed by atoms with Crippen LogP contribution >= 0.6 is 0 Å². The Labute approximate surface area is 122 Å². The normalized spacial score (nSPS) is 11.3. The minimum atomic E-state index is -1.14. The zero-order chi connectivity index (χ0) is 15.8. The van der Waals surface area contributed by atoms with Gasteiger partial charge in [-0.25, -0.2) is 4.79 Å². The van der Waals surface area contributed by atoms with Crippen molar-refractivity contribution in [2.45, 2.75) is 19.9 Å². The van der Waals surface area contributed by atoms with Gasteiger partial charge in [-0.2, -0.15) is 0 Å². The van der Waals surface area contributed by atoms with Crippen LogP contribution in [0.15, 0.2) is 24.3 Å². The van der Waals surface area contributed by atoms with Gasteiger partial charge in [0.25, 0.3) is 0 Å². The molecule has 1 aromatic carbocycles. The Hall–Kier alpha value is -2.57. The van der Waals surface area contributed by atoms with Crippen molar-refractivity contribution in [3.05, 3.63) is 35.4 Å². The molecule has 1 unspecified atom stereocenters. The lowest BCUT2D eigenvalue weighted by atomic mass is 10.1. The number of carboxylic acid groups (broad SMARTS) is 1. The Bertz CT molecular complexity index is 513. The summed E-state index contributed by atoms with van der Waals surface area (Å²) in [5.41, 5.74) is 2.08. The number of nitrogens with one attached hydrogen (secondary N) is 3. The zero-order valence-electron chi connectivity index (χ0n) is 12.0. The van der Waals surface area contributed by atoms with Gasteiger partial charge in [0.15, 0.2) is 0 Å². The van der Waals surface area contributed by atoms with Gasteiger partial charge in [0.1, 0.15) is 6.54 Å². The van der Waals surface area contributed by atoms with Gasteiger partial charge in [-0.15, -0.1) is 0 Å². The second-order valence-corrected chi connectivity index (χ2v) is 4.63. The van der Waals surface area contributed by atoms with Crippen molar-refractivity contribution in [3.63, 3.8) is 0 Å². The maximum absolute atomic E-state index is 11.6. The highest BCUT2D eigenvalue weighted by Gasteiger charge is 2.10. The molecule has 1 atom stereocenters. The SMILES string of the molecule is Cc1ccc(C(C)NC(=O)NCC(=O)NCC(=O)O)cc1. The number of aryl methyl sites for hydroxylation is 1. The third kappa shape index (κ3) is 6.42. The summed E-state index contributed by atoms with van der Waals surface area (Å²) in [6.45, 7) is 3.06. The summed E-state index contributed by atoms with van der Waals surface area (Å²) in [7, 11) is 0. The molecule has 4 N–H and O–H groups in total. The first kappa shape index (κ1) is 16.5. The predicted octanol–water partition coefficient (Wildman–Crippen LogP) is 0.556. The third-order valence-corrected chi connectivity index (χ3v) is 2.77. The van der Waals surface area contributed by atoms with Crippen LogP contribution < -0.4 is 16.0 Å². The fourth-order valence-electron chi connectivity index (χ4n) is 1.58. The molecule has 0 heterocycles. The van der Waals surface area contributed by atoms with Crippen molar-refractivity contribution >= 4 is 17.9 Å². The Kier molecular flexibility index (Phi) is 6.19. The van der Waals surface area contributed by atoms with E-state index in [1.165, 1.54) is 0 Å². The van der Waals surface area contributed by atoms with E-state index in [0.717, 1.165) is 11.1 Å². The van der Waals surface area contributed by atoms with E-state index in [4.69, 9.17) is 5.11 Å². The number of amides is 3. The molecule has 0 saturated heterocycles. The topological polar surface area (TPSA) is 108 Å². The average Bonchev–Trinajstić information content (AvgIpc) is 2.43. The minimum absolute atomic E-state index is 0.201. The molecule has 0 bridgehead atoms. The Morgan fingerprint density at radius 1 is 1.10 bits per heavy atom. The van der Waals surface area contributed by atoms with Crippen molar-refractivity contribution in [1.29, 1.82) is 0 Å². The lowest BCUT2D eigenvalue weighted by Crippen LogP contribution is -2.43. The molecule has 3 amide bonds. The maximum Gasteiger partial charge on any atom is 0.322 e. The van der Waals surface area contributed by atoms with E-state index < -0.39 is 24.5 Å². The van der Waals surface area contributed by atoms with Crippen molar-refractivity contribution in [2.24, 2.45) is 0 Å². The van der Waals surface area contributed by atoms with Crippen LogP contribution in [0.4, 0.5) is 4.79 Å². The molecule has 114 valence electrons. The second-order valence-electron chi connectivity index (χ2n) is 4.63. The van der Waals surface area contributed by atoms with Crippen molar-refractivity contribution < 1.29 is 19.5 Å². The first-order valence-corrected chi connectivity index (χ1v) is 6.48. The molecular formula is C14H19N3O4. The molecule has 1 rings (SSSR count). The molecule has 0 aliphatic heterocycles. The van der Waals surface area contributed by atoms with Crippen LogP contribution in [0.5, 0.6) is 0 Å². The fraction of sp³-hybridized carbons (Fsp3) is 0.357. The number of benzene rings is 1. The molecule has 0 aliphatic rings. The molecule has 0 aliphatic carbocycles. The second kappa shape index (κ2) is 7.88. The maximum atomic E-state index is 11.6. The molecule has 0 fully saturated rings. The van der Waals surface area contributed by atoms with Gasteiger partial charge in [0.05, 0.1) is 12.6 Å². The number of urea groups is 1. The molecule has 7 nitrogen and oxygen atoms in total. The molecule has 0 spiro atoms. The molecule has 21 heavy (non-hydrogen) atoms. The molecule has 0 radical (unpaired) electrons. The first-order chi connectivity index (χ1) is 9.88. The number of carboxylic acids is 1. The number of hydrogen-bond acceptors (Lipinski definition) is 3. The van der Waals surface area contributed by atoms with Gasteiger partial charge in [0.2, 0.25) is 5.91 Å². The predicted molar refractivity (Wildman–Crippen MR) is 76.8 cm³/mol. The summed E-state index contributed by atoms with van der Waals surface area (Å²) in [6.07, 6.45) is 0. The van der Waals surface area contributed by atoms with Crippen molar-refractivity contribution in [3.8, 4) is 0 Å². The molecule has 0 saturated carbocycles. The summed E-state index contributed by atoms with van der Waals surface area (Å²) in [4.78, 5) is 33.1. The Morgan fingerprint density at radius 2 is 1.71 bits per heavy atom. The third-order valence-electron chi connectivity index (χ3n) is 2.77. The van der Waals surface area contributed by atoms with Gasteiger partial charge < -0.3 is 21.1 Å². The van der Waals surface area contributed by atoms with Gasteiger partial charge in [-0.1, -0.05) is 29.8 Å². The van der Waals surface area contributed by atoms with Crippen LogP contribution in [0.3, 0.4) is 0 Å². The smallest absolute Gasteiger partial charge is 0.322 e. The summed E-state index contributed by atoms with van der Waals surface area (Å²) < 4.78 is 0. The number of rotatable bonds is 6. The Balaban J connectivity index is 2.34. The van der Waals surface area contributed by atoms with E-state index in [9.17, 15) is 14.4 Å². The summed E-state index contributed by atoms with van der Waals surface area (Å²) in [5.74, 6) is -1.70. The van der Waals surface area contributed by atoms with E-state index in [2.05, 4.69) is 16.0 Å². The van der Waals surface area contributed by atoms with Crippen LogP contribution in [0.25, 0.3) is 0 Å². The highest BCUT2D eigenvalue weighted by atomic mass is 16.4. The van der Waals surface area contributed by atoms with Gasteiger partial charge in [-0.3, -0.25) is 9.59 Å². The quantitative estimate of drug-likeness (QED) is 0.614. The van der Waals surface area contributed by atoms with E-state index in [1.807, 2.05) is 38.1 Å². The fourth-order valence-corrected chi connectivity index (χ4v) is 1.58. The molecule has 7 heteroatoms. The zero-order valence-corrected chi connectivity index (χ0v) is 12.0. The monoisotopic (exact) mass is 293 g/mol. The molecular weight excluding hydrogens is 274 g/mol. The van der Waals surface area contributed by atoms with E-state index in [-0.39, 0.29) is 12.6 Å². The van der Waals surface area contributed by atoms with Gasteiger partial charge in [-0.05, 0) is 19.4 Å². The molecule has 0 aromatic heterocycles. The summed E-state index contributed by atoms with van der Waals surface area (Å²) in [5, 5.41) is 15.6. The average molecular weight is 293 g/mol. The van der Waals surface area contributed by atoms with E-state index >= 15 is 0 Å².